The van der Waals surface area contributed by atoms with Crippen LogP contribution in [0.2, 0.25) is 0 Å². The van der Waals surface area contributed by atoms with E-state index in [0.717, 1.165) is 9.80 Å². The highest BCUT2D eigenvalue weighted by Crippen LogP contribution is 2.42. The van der Waals surface area contributed by atoms with Crippen molar-refractivity contribution in [2.75, 3.05) is 0 Å². The first-order valence-electron chi connectivity index (χ1n) is 4.88. The van der Waals surface area contributed by atoms with Crippen molar-refractivity contribution in [2.24, 2.45) is 0 Å². The van der Waals surface area contributed by atoms with Crippen LogP contribution in [-0.4, -0.2) is 20.3 Å². The Kier molecular flexibility index (Phi) is 3.57. The molecule has 0 fully saturated rings. The monoisotopic (exact) mass is 288 g/mol. The molecule has 0 bridgehead atoms. The molecular formula is C12H10Cl2O2S. The van der Waals surface area contributed by atoms with E-state index in [0.29, 0.717) is 0 Å². The molecule has 17 heavy (non-hydrogen) atoms. The second-order valence-electron chi connectivity index (χ2n) is 3.64. The van der Waals surface area contributed by atoms with E-state index >= 15 is 0 Å². The number of thioether (sulfide) groups is 1. The Bertz CT molecular complexity index is 467. The van der Waals surface area contributed by atoms with E-state index in [4.69, 9.17) is 23.2 Å². The maximum atomic E-state index is 9.54. The van der Waals surface area contributed by atoms with Gasteiger partial charge in [0.2, 0.25) is 5.79 Å². The molecule has 2 nitrogen and oxygen atoms in total. The van der Waals surface area contributed by atoms with Gasteiger partial charge < -0.3 is 10.2 Å². The van der Waals surface area contributed by atoms with Crippen molar-refractivity contribution in [3.63, 3.8) is 0 Å². The summed E-state index contributed by atoms with van der Waals surface area (Å²) in [5, 5.41) is 19.1. The van der Waals surface area contributed by atoms with Crippen molar-refractivity contribution in [1.29, 1.82) is 0 Å². The van der Waals surface area contributed by atoms with Crippen LogP contribution in [0.1, 0.15) is 0 Å². The van der Waals surface area contributed by atoms with E-state index in [-0.39, 0.29) is 0 Å². The third-order valence-electron chi connectivity index (χ3n) is 2.27. The summed E-state index contributed by atoms with van der Waals surface area (Å²) < 4.78 is -1.74. The number of benzene rings is 1. The van der Waals surface area contributed by atoms with E-state index in [1.54, 1.807) is 6.08 Å². The van der Waals surface area contributed by atoms with E-state index in [1.807, 2.05) is 30.3 Å². The molecule has 1 aliphatic rings. The van der Waals surface area contributed by atoms with Crippen LogP contribution in [0.3, 0.4) is 0 Å². The molecule has 2 rings (SSSR count). The van der Waals surface area contributed by atoms with Crippen molar-refractivity contribution in [2.45, 2.75) is 15.0 Å². The van der Waals surface area contributed by atoms with Gasteiger partial charge in [0, 0.05) is 9.80 Å². The summed E-state index contributed by atoms with van der Waals surface area (Å²) in [6.45, 7) is 0. The second-order valence-corrected chi connectivity index (χ2v) is 6.18. The summed E-state index contributed by atoms with van der Waals surface area (Å²) in [6.07, 6.45) is 4.19. The van der Waals surface area contributed by atoms with E-state index < -0.39 is 10.1 Å². The summed E-state index contributed by atoms with van der Waals surface area (Å²) in [5.74, 6) is -2.24. The predicted octanol–water partition coefficient (Wildman–Crippen LogP) is 3.09. The van der Waals surface area contributed by atoms with Gasteiger partial charge in [0.25, 0.3) is 0 Å². The first-order valence-corrected chi connectivity index (χ1v) is 6.45. The van der Waals surface area contributed by atoms with Crippen LogP contribution in [0.5, 0.6) is 0 Å². The number of hydrogen-bond donors (Lipinski definition) is 2. The molecule has 2 N–H and O–H groups in total. The lowest BCUT2D eigenvalue weighted by Crippen LogP contribution is -2.44. The lowest BCUT2D eigenvalue weighted by Gasteiger charge is -2.32. The summed E-state index contributed by atoms with van der Waals surface area (Å²) in [5.41, 5.74) is 0. The molecule has 0 saturated carbocycles. The van der Waals surface area contributed by atoms with Gasteiger partial charge in [-0.05, 0) is 30.4 Å². The molecule has 0 radical (unpaired) electrons. The maximum Gasteiger partial charge on any atom is 0.221 e. The number of allylic oxidation sites excluding steroid dienone is 1. The largest absolute Gasteiger partial charge is 0.360 e. The molecule has 0 amide bonds. The van der Waals surface area contributed by atoms with Crippen molar-refractivity contribution >= 4 is 35.0 Å². The van der Waals surface area contributed by atoms with Crippen LogP contribution in [0.25, 0.3) is 0 Å². The minimum Gasteiger partial charge on any atom is -0.360 e. The predicted molar refractivity (Wildman–Crippen MR) is 71.1 cm³/mol. The molecule has 0 heterocycles. The highest BCUT2D eigenvalue weighted by Gasteiger charge is 2.45. The molecule has 1 aliphatic carbocycles. The molecule has 0 saturated heterocycles. The Hall–Kier alpha value is -0.450. The van der Waals surface area contributed by atoms with E-state index in [2.05, 4.69) is 0 Å². The highest BCUT2D eigenvalue weighted by atomic mass is 35.5. The molecule has 1 aromatic rings. The van der Waals surface area contributed by atoms with Gasteiger partial charge in [-0.15, -0.1) is 0 Å². The van der Waals surface area contributed by atoms with Gasteiger partial charge >= 0.3 is 0 Å². The Morgan fingerprint density at radius 1 is 1.06 bits per heavy atom. The van der Waals surface area contributed by atoms with Crippen molar-refractivity contribution in [3.05, 3.63) is 53.5 Å². The lowest BCUT2D eigenvalue weighted by molar-refractivity contribution is -0.121. The highest BCUT2D eigenvalue weighted by molar-refractivity contribution is 8.03. The van der Waals surface area contributed by atoms with Crippen molar-refractivity contribution < 1.29 is 10.2 Å². The van der Waals surface area contributed by atoms with Gasteiger partial charge in [0.15, 0.2) is 4.33 Å². The lowest BCUT2D eigenvalue weighted by atomic mass is 10.1. The van der Waals surface area contributed by atoms with Crippen molar-refractivity contribution in [3.8, 4) is 0 Å². The smallest absolute Gasteiger partial charge is 0.221 e. The zero-order chi connectivity index (χ0) is 12.5. The molecular weight excluding hydrogens is 279 g/mol. The SMILES string of the molecule is OC1(O)C=CC(Sc2ccccc2)=CC1(Cl)Cl. The fraction of sp³-hybridized carbons (Fsp3) is 0.167. The minimum absolute atomic E-state index is 0.764. The topological polar surface area (TPSA) is 40.5 Å². The molecule has 0 aromatic heterocycles. The fourth-order valence-corrected chi connectivity index (χ4v) is 2.76. The van der Waals surface area contributed by atoms with Gasteiger partial charge in [-0.1, -0.05) is 53.2 Å². The number of rotatable bonds is 2. The summed E-state index contributed by atoms with van der Waals surface area (Å²) in [6, 6.07) is 9.67. The zero-order valence-electron chi connectivity index (χ0n) is 8.68. The number of aliphatic hydroxyl groups is 2. The summed E-state index contributed by atoms with van der Waals surface area (Å²) in [7, 11) is 0. The number of halogens is 2. The second kappa shape index (κ2) is 4.67. The van der Waals surface area contributed by atoms with Crippen LogP contribution < -0.4 is 0 Å². The fourth-order valence-electron chi connectivity index (χ4n) is 1.33. The van der Waals surface area contributed by atoms with Crippen LogP contribution in [0, 0.1) is 0 Å². The minimum atomic E-state index is -2.24. The van der Waals surface area contributed by atoms with Gasteiger partial charge in [0.1, 0.15) is 0 Å². The molecule has 0 aliphatic heterocycles. The van der Waals surface area contributed by atoms with Gasteiger partial charge in [-0.3, -0.25) is 0 Å². The van der Waals surface area contributed by atoms with Gasteiger partial charge in [-0.25, -0.2) is 0 Å². The molecule has 0 atom stereocenters. The zero-order valence-corrected chi connectivity index (χ0v) is 11.0. The van der Waals surface area contributed by atoms with Crippen molar-refractivity contribution in [1.82, 2.24) is 0 Å². The first-order chi connectivity index (χ1) is 7.91. The Morgan fingerprint density at radius 3 is 2.29 bits per heavy atom. The first kappa shape index (κ1) is 13.0. The quantitative estimate of drug-likeness (QED) is 0.649. The third kappa shape index (κ3) is 2.87. The Morgan fingerprint density at radius 2 is 1.71 bits per heavy atom. The number of alkyl halides is 2. The molecule has 5 heteroatoms. The van der Waals surface area contributed by atoms with Crippen LogP contribution >= 0.6 is 35.0 Å². The number of hydrogen-bond acceptors (Lipinski definition) is 3. The van der Waals surface area contributed by atoms with Crippen LogP contribution in [0.4, 0.5) is 0 Å². The van der Waals surface area contributed by atoms with Gasteiger partial charge in [-0.2, -0.15) is 0 Å². The average Bonchev–Trinajstić information content (AvgIpc) is 2.25. The Balaban J connectivity index is 2.20. The molecule has 1 aromatic carbocycles. The summed E-state index contributed by atoms with van der Waals surface area (Å²) in [4.78, 5) is 1.79. The third-order valence-corrected chi connectivity index (χ3v) is 4.05. The van der Waals surface area contributed by atoms with Gasteiger partial charge in [0.05, 0.1) is 0 Å². The Labute approximate surface area is 114 Å². The van der Waals surface area contributed by atoms with Crippen LogP contribution in [0.15, 0.2) is 58.4 Å². The maximum absolute atomic E-state index is 9.54. The van der Waals surface area contributed by atoms with Crippen LogP contribution in [-0.2, 0) is 0 Å². The molecule has 0 spiro atoms. The average molecular weight is 289 g/mol. The molecule has 90 valence electrons. The van der Waals surface area contributed by atoms with E-state index in [1.165, 1.54) is 23.9 Å². The standard InChI is InChI=1S/C12H10Cl2O2S/c13-11(14)8-10(6-7-12(11,15)16)17-9-4-2-1-3-5-9/h1-8,15-16H. The summed E-state index contributed by atoms with van der Waals surface area (Å²) >= 11 is 13.1. The van der Waals surface area contributed by atoms with E-state index in [9.17, 15) is 10.2 Å². The molecule has 0 unspecified atom stereocenters. The normalized spacial score (nSPS) is 21.1.